The van der Waals surface area contributed by atoms with Gasteiger partial charge >= 0.3 is 0 Å². The lowest BCUT2D eigenvalue weighted by Gasteiger charge is -2.11. The molecule has 3 aromatic rings. The molecule has 1 aliphatic rings. The van der Waals surface area contributed by atoms with Gasteiger partial charge in [-0.1, -0.05) is 6.08 Å². The Balaban J connectivity index is 1.35. The van der Waals surface area contributed by atoms with Gasteiger partial charge in [0.1, 0.15) is 0 Å². The van der Waals surface area contributed by atoms with Crippen molar-refractivity contribution < 1.29 is 4.79 Å². The second kappa shape index (κ2) is 7.11. The van der Waals surface area contributed by atoms with Gasteiger partial charge in [0.15, 0.2) is 11.5 Å². The molecule has 134 valence electrons. The standard InChI is InChI=1S/C19H22N6O/c1-12(6-4-9-15-13-7-2-3-8-14(13)24-25-15)21-19(26)18-22-16-10-5-11-20-17(16)23-18/h4-5,9-12H,2-3,6-8H2,1H3,(H,21,26)(H,24,25)(H,20,22,23)/b9-4+/t12-/m0/s1. The Kier molecular flexibility index (Phi) is 4.51. The molecule has 0 saturated heterocycles. The molecular formula is C19H22N6O. The number of aromatic amines is 2. The highest BCUT2D eigenvalue weighted by molar-refractivity contribution is 5.93. The summed E-state index contributed by atoms with van der Waals surface area (Å²) < 4.78 is 0. The van der Waals surface area contributed by atoms with E-state index in [9.17, 15) is 4.79 Å². The Morgan fingerprint density at radius 2 is 2.27 bits per heavy atom. The molecule has 0 aromatic carbocycles. The van der Waals surface area contributed by atoms with Gasteiger partial charge in [-0.3, -0.25) is 9.89 Å². The van der Waals surface area contributed by atoms with E-state index in [1.807, 2.05) is 19.1 Å². The summed E-state index contributed by atoms with van der Waals surface area (Å²) in [5.41, 5.74) is 4.96. The third kappa shape index (κ3) is 3.37. The predicted octanol–water partition coefficient (Wildman–Crippen LogP) is 2.78. The van der Waals surface area contributed by atoms with Crippen LogP contribution in [0, 0.1) is 0 Å². The van der Waals surface area contributed by atoms with Gasteiger partial charge in [-0.15, -0.1) is 0 Å². The number of nitrogens with one attached hydrogen (secondary N) is 3. The number of aryl methyl sites for hydroxylation is 1. The Morgan fingerprint density at radius 1 is 1.38 bits per heavy atom. The Hall–Kier alpha value is -2.96. The van der Waals surface area contributed by atoms with Crippen LogP contribution in [0.3, 0.4) is 0 Å². The van der Waals surface area contributed by atoms with Crippen molar-refractivity contribution in [2.24, 2.45) is 0 Å². The number of H-pyrrole nitrogens is 2. The molecule has 0 saturated carbocycles. The number of carbonyl (C=O) groups excluding carboxylic acids is 1. The van der Waals surface area contributed by atoms with E-state index in [-0.39, 0.29) is 17.8 Å². The fourth-order valence-electron chi connectivity index (χ4n) is 3.33. The number of hydrogen-bond acceptors (Lipinski definition) is 4. The molecule has 0 bridgehead atoms. The van der Waals surface area contributed by atoms with Crippen LogP contribution in [0.1, 0.15) is 53.8 Å². The van der Waals surface area contributed by atoms with Crippen LogP contribution in [0.25, 0.3) is 17.2 Å². The van der Waals surface area contributed by atoms with Crippen LogP contribution in [0.15, 0.2) is 24.4 Å². The zero-order valence-corrected chi connectivity index (χ0v) is 14.7. The molecule has 1 aliphatic carbocycles. The van der Waals surface area contributed by atoms with Crippen molar-refractivity contribution in [1.82, 2.24) is 30.5 Å². The number of hydrogen-bond donors (Lipinski definition) is 3. The number of pyridine rings is 1. The SMILES string of the molecule is C[C@@H](C/C=C/c1n[nH]c2c1CCCC2)NC(=O)c1nc2ncccc2[nH]1. The normalized spacial score (nSPS) is 15.3. The number of nitrogens with zero attached hydrogens (tertiary/aromatic N) is 3. The fraction of sp³-hybridized carbons (Fsp3) is 0.368. The van der Waals surface area contributed by atoms with E-state index >= 15 is 0 Å². The quantitative estimate of drug-likeness (QED) is 0.659. The van der Waals surface area contributed by atoms with Crippen LogP contribution in [0.2, 0.25) is 0 Å². The van der Waals surface area contributed by atoms with Crippen LogP contribution < -0.4 is 5.32 Å². The molecule has 4 rings (SSSR count). The molecular weight excluding hydrogens is 328 g/mol. The van der Waals surface area contributed by atoms with Gasteiger partial charge in [-0.05, 0) is 57.2 Å². The first-order valence-corrected chi connectivity index (χ1v) is 9.05. The van der Waals surface area contributed by atoms with E-state index in [0.717, 1.165) is 30.5 Å². The third-order valence-corrected chi connectivity index (χ3v) is 4.70. The van der Waals surface area contributed by atoms with Gasteiger partial charge in [0.2, 0.25) is 0 Å². The summed E-state index contributed by atoms with van der Waals surface area (Å²) in [4.78, 5) is 23.7. The summed E-state index contributed by atoms with van der Waals surface area (Å²) >= 11 is 0. The minimum absolute atomic E-state index is 0.00492. The molecule has 1 amide bonds. The molecule has 3 heterocycles. The van der Waals surface area contributed by atoms with Crippen molar-refractivity contribution >= 4 is 23.1 Å². The molecule has 0 fully saturated rings. The lowest BCUT2D eigenvalue weighted by Crippen LogP contribution is -2.32. The lowest BCUT2D eigenvalue weighted by molar-refractivity contribution is 0.0931. The maximum atomic E-state index is 12.3. The summed E-state index contributed by atoms with van der Waals surface area (Å²) in [7, 11) is 0. The first-order chi connectivity index (χ1) is 12.7. The van der Waals surface area contributed by atoms with Gasteiger partial charge in [-0.2, -0.15) is 5.10 Å². The molecule has 0 aliphatic heterocycles. The van der Waals surface area contributed by atoms with E-state index in [2.05, 4.69) is 42.6 Å². The summed E-state index contributed by atoms with van der Waals surface area (Å²) in [6, 6.07) is 3.65. The maximum absolute atomic E-state index is 12.3. The van der Waals surface area contributed by atoms with Crippen molar-refractivity contribution in [1.29, 1.82) is 0 Å². The van der Waals surface area contributed by atoms with Crippen LogP contribution in [-0.2, 0) is 12.8 Å². The molecule has 7 nitrogen and oxygen atoms in total. The smallest absolute Gasteiger partial charge is 0.287 e. The van der Waals surface area contributed by atoms with Gasteiger partial charge in [0.25, 0.3) is 5.91 Å². The molecule has 0 spiro atoms. The predicted molar refractivity (Wildman–Crippen MR) is 99.7 cm³/mol. The van der Waals surface area contributed by atoms with Crippen LogP contribution in [0.4, 0.5) is 0 Å². The van der Waals surface area contributed by atoms with E-state index in [0.29, 0.717) is 5.65 Å². The Labute approximate surface area is 151 Å². The topological polar surface area (TPSA) is 99.3 Å². The summed E-state index contributed by atoms with van der Waals surface area (Å²) in [5, 5.41) is 10.5. The number of fused-ring (bicyclic) bond motifs is 2. The van der Waals surface area contributed by atoms with Crippen molar-refractivity contribution in [3.63, 3.8) is 0 Å². The van der Waals surface area contributed by atoms with Crippen molar-refractivity contribution in [3.05, 3.63) is 47.2 Å². The summed E-state index contributed by atoms with van der Waals surface area (Å²) in [5.74, 6) is 0.0666. The van der Waals surface area contributed by atoms with Crippen molar-refractivity contribution in [2.45, 2.75) is 45.1 Å². The first kappa shape index (κ1) is 16.5. The summed E-state index contributed by atoms with van der Waals surface area (Å²) in [6.45, 7) is 1.98. The maximum Gasteiger partial charge on any atom is 0.287 e. The molecule has 0 unspecified atom stereocenters. The molecule has 1 atom stereocenters. The Bertz CT molecular complexity index is 921. The zero-order valence-electron chi connectivity index (χ0n) is 14.7. The molecule has 7 heteroatoms. The van der Waals surface area contributed by atoms with Crippen LogP contribution >= 0.6 is 0 Å². The van der Waals surface area contributed by atoms with E-state index in [1.165, 1.54) is 24.1 Å². The van der Waals surface area contributed by atoms with Gasteiger partial charge in [-0.25, -0.2) is 9.97 Å². The number of imidazole rings is 1. The third-order valence-electron chi connectivity index (χ3n) is 4.70. The fourth-order valence-corrected chi connectivity index (χ4v) is 3.33. The highest BCUT2D eigenvalue weighted by Crippen LogP contribution is 2.23. The zero-order chi connectivity index (χ0) is 17.9. The minimum atomic E-state index is -0.221. The van der Waals surface area contributed by atoms with E-state index in [1.54, 1.807) is 6.20 Å². The molecule has 3 N–H and O–H groups in total. The van der Waals surface area contributed by atoms with Crippen molar-refractivity contribution in [3.8, 4) is 0 Å². The average molecular weight is 350 g/mol. The average Bonchev–Trinajstić information content (AvgIpc) is 3.26. The monoisotopic (exact) mass is 350 g/mol. The van der Waals surface area contributed by atoms with E-state index < -0.39 is 0 Å². The second-order valence-corrected chi connectivity index (χ2v) is 6.75. The minimum Gasteiger partial charge on any atom is -0.347 e. The largest absolute Gasteiger partial charge is 0.347 e. The van der Waals surface area contributed by atoms with Crippen LogP contribution in [-0.4, -0.2) is 37.1 Å². The molecule has 0 radical (unpaired) electrons. The lowest BCUT2D eigenvalue weighted by atomic mass is 9.96. The molecule has 3 aromatic heterocycles. The number of carbonyl (C=O) groups is 1. The number of aromatic nitrogens is 5. The first-order valence-electron chi connectivity index (χ1n) is 9.05. The molecule has 26 heavy (non-hydrogen) atoms. The highest BCUT2D eigenvalue weighted by Gasteiger charge is 2.16. The number of amides is 1. The summed E-state index contributed by atoms with van der Waals surface area (Å²) in [6.07, 6.45) is 11.2. The van der Waals surface area contributed by atoms with Gasteiger partial charge in [0, 0.05) is 23.5 Å². The van der Waals surface area contributed by atoms with Crippen LogP contribution in [0.5, 0.6) is 0 Å². The Morgan fingerprint density at radius 3 is 3.15 bits per heavy atom. The second-order valence-electron chi connectivity index (χ2n) is 6.75. The van der Waals surface area contributed by atoms with E-state index in [4.69, 9.17) is 0 Å². The van der Waals surface area contributed by atoms with Gasteiger partial charge in [0.05, 0.1) is 11.2 Å². The van der Waals surface area contributed by atoms with Crippen molar-refractivity contribution in [2.75, 3.05) is 0 Å². The van der Waals surface area contributed by atoms with Gasteiger partial charge < -0.3 is 10.3 Å². The highest BCUT2D eigenvalue weighted by atomic mass is 16.2. The number of rotatable bonds is 5.